The van der Waals surface area contributed by atoms with E-state index < -0.39 is 14.8 Å². The van der Waals surface area contributed by atoms with Crippen LogP contribution >= 0.6 is 34.0 Å². The van der Waals surface area contributed by atoms with Gasteiger partial charge in [0, 0.05) is 23.3 Å². The van der Waals surface area contributed by atoms with Crippen molar-refractivity contribution in [2.24, 2.45) is 4.99 Å². The van der Waals surface area contributed by atoms with Crippen molar-refractivity contribution in [2.75, 3.05) is 12.8 Å². The topological polar surface area (TPSA) is 70.0 Å². The number of aliphatic imine (C=N–C) groups is 1. The fourth-order valence-corrected chi connectivity index (χ4v) is 5.89. The summed E-state index contributed by atoms with van der Waals surface area (Å²) in [6.45, 7) is 4.20. The Balaban J connectivity index is 1.99. The first kappa shape index (κ1) is 22.4. The smallest absolute Gasteiger partial charge is 0.262 e. The second-order valence-corrected chi connectivity index (χ2v) is 10.7. The van der Waals surface area contributed by atoms with Gasteiger partial charge >= 0.3 is 0 Å². The minimum absolute atomic E-state index is 0.0122. The molecule has 0 aliphatic carbocycles. The number of nitrogens with zero attached hydrogens (tertiary/aromatic N) is 2. The minimum atomic E-state index is -4.03. The van der Waals surface area contributed by atoms with Gasteiger partial charge in [-0.05, 0) is 42.2 Å². The van der Waals surface area contributed by atoms with Gasteiger partial charge in [-0.15, -0.1) is 0 Å². The molecule has 1 atom stereocenters. The van der Waals surface area contributed by atoms with Crippen LogP contribution in [0.4, 0.5) is 5.69 Å². The first-order chi connectivity index (χ1) is 13.6. The maximum absolute atomic E-state index is 11.8. The van der Waals surface area contributed by atoms with Crippen LogP contribution in [0.3, 0.4) is 0 Å². The maximum Gasteiger partial charge on any atom is 0.262 e. The largest absolute Gasteiger partial charge is 0.366 e. The summed E-state index contributed by atoms with van der Waals surface area (Å²) < 4.78 is 23.6. The van der Waals surface area contributed by atoms with E-state index in [4.69, 9.17) is 27.3 Å². The molecule has 9 heteroatoms. The summed E-state index contributed by atoms with van der Waals surface area (Å²) in [5.41, 5.74) is 2.22. The number of halogens is 2. The molecule has 1 fully saturated rings. The Morgan fingerprint density at radius 2 is 1.93 bits per heavy atom. The molecule has 0 spiro atoms. The predicted molar refractivity (Wildman–Crippen MR) is 121 cm³/mol. The molecule has 0 radical (unpaired) electrons. The monoisotopic (exact) mass is 472 g/mol. The molecule has 1 aliphatic rings. The third-order valence-electron chi connectivity index (χ3n) is 5.05. The molecular formula is C20H22Cl2N2O3S2. The van der Waals surface area contributed by atoms with Crippen LogP contribution in [0, 0.1) is 0 Å². The lowest BCUT2D eigenvalue weighted by molar-refractivity contribution is -0.0349. The van der Waals surface area contributed by atoms with Crippen LogP contribution in [0.5, 0.6) is 0 Å². The molecule has 1 saturated heterocycles. The van der Waals surface area contributed by atoms with Crippen molar-refractivity contribution in [3.63, 3.8) is 0 Å². The van der Waals surface area contributed by atoms with E-state index in [2.05, 4.69) is 26.0 Å². The number of rotatable bonds is 5. The van der Waals surface area contributed by atoms with Gasteiger partial charge in [0.2, 0.25) is 0 Å². The van der Waals surface area contributed by atoms with E-state index in [9.17, 15) is 13.5 Å². The quantitative estimate of drug-likeness (QED) is 0.626. The normalized spacial score (nSPS) is 21.2. The molecule has 2 aromatic rings. The Labute approximate surface area is 185 Å². The third-order valence-corrected chi connectivity index (χ3v) is 8.02. The van der Waals surface area contributed by atoms with Gasteiger partial charge in [-0.1, -0.05) is 55.4 Å². The predicted octanol–water partition coefficient (Wildman–Crippen LogP) is 4.90. The number of hydrogen-bond donors (Lipinski definition) is 1. The first-order valence-corrected chi connectivity index (χ1v) is 12.8. The molecule has 1 aliphatic heterocycles. The van der Waals surface area contributed by atoms with E-state index in [1.54, 1.807) is 18.0 Å². The summed E-state index contributed by atoms with van der Waals surface area (Å²) in [4.78, 5) is 6.20. The molecular weight excluding hydrogens is 451 g/mol. The Hall–Kier alpha value is -1.25. The Morgan fingerprint density at radius 3 is 2.55 bits per heavy atom. The number of thioether (sulfide) groups is 1. The summed E-state index contributed by atoms with van der Waals surface area (Å²) in [6, 6.07) is 10.6. The van der Waals surface area contributed by atoms with Gasteiger partial charge in [0.25, 0.3) is 9.05 Å². The molecule has 0 bridgehead atoms. The van der Waals surface area contributed by atoms with E-state index >= 15 is 0 Å². The molecule has 0 amide bonds. The number of hydrogen-bond acceptors (Lipinski definition) is 5. The SMILES string of the molecule is CCc1ccc(N=C2SCC(O)(c3ccc(Cl)c(S(=O)(=O)Cl)c3)N2C)c(CC)c1. The van der Waals surface area contributed by atoms with Crippen molar-refractivity contribution in [1.82, 2.24) is 4.90 Å². The fraction of sp³-hybridized carbons (Fsp3) is 0.350. The van der Waals surface area contributed by atoms with Crippen LogP contribution in [0.15, 0.2) is 46.3 Å². The first-order valence-electron chi connectivity index (χ1n) is 9.14. The molecule has 0 aromatic heterocycles. The molecule has 0 saturated carbocycles. The lowest BCUT2D eigenvalue weighted by Crippen LogP contribution is -2.42. The third kappa shape index (κ3) is 4.44. The Kier molecular flexibility index (Phi) is 6.56. The van der Waals surface area contributed by atoms with Gasteiger partial charge in [-0.3, -0.25) is 0 Å². The molecule has 1 heterocycles. The Morgan fingerprint density at radius 1 is 1.21 bits per heavy atom. The molecule has 1 unspecified atom stereocenters. The second-order valence-electron chi connectivity index (χ2n) is 6.81. The van der Waals surface area contributed by atoms with Crippen LogP contribution in [-0.4, -0.2) is 36.4 Å². The van der Waals surface area contributed by atoms with Crippen LogP contribution < -0.4 is 0 Å². The van der Waals surface area contributed by atoms with Crippen molar-refractivity contribution in [2.45, 2.75) is 37.3 Å². The summed E-state index contributed by atoms with van der Waals surface area (Å²) in [5.74, 6) is 0.292. The highest BCUT2D eigenvalue weighted by Gasteiger charge is 2.43. The van der Waals surface area contributed by atoms with Gasteiger partial charge in [0.05, 0.1) is 16.5 Å². The van der Waals surface area contributed by atoms with Crippen molar-refractivity contribution in [3.8, 4) is 0 Å². The van der Waals surface area contributed by atoms with Crippen LogP contribution in [0.1, 0.15) is 30.5 Å². The molecule has 2 aromatic carbocycles. The van der Waals surface area contributed by atoms with Crippen molar-refractivity contribution in [3.05, 3.63) is 58.1 Å². The van der Waals surface area contributed by atoms with Crippen molar-refractivity contribution < 1.29 is 13.5 Å². The summed E-state index contributed by atoms with van der Waals surface area (Å²) in [6.07, 6.45) is 1.81. The van der Waals surface area contributed by atoms with Crippen LogP contribution in [0.2, 0.25) is 5.02 Å². The van der Waals surface area contributed by atoms with Crippen molar-refractivity contribution >= 4 is 54.0 Å². The molecule has 1 N–H and O–H groups in total. The zero-order valence-electron chi connectivity index (χ0n) is 16.3. The standard InChI is InChI=1S/C20H22Cl2N2O3S2/c1-4-13-6-9-17(14(5-2)10-13)23-19-24(3)20(25,12-28-19)15-7-8-16(21)18(11-15)29(22,26)27/h6-11,25H,4-5,12H2,1-3H3. The van der Waals surface area contributed by atoms with Crippen LogP contribution in [-0.2, 0) is 27.6 Å². The highest BCUT2D eigenvalue weighted by Crippen LogP contribution is 2.41. The number of aryl methyl sites for hydroxylation is 2. The average molecular weight is 473 g/mol. The zero-order valence-corrected chi connectivity index (χ0v) is 19.5. The molecule has 3 rings (SSSR count). The Bertz CT molecular complexity index is 1070. The molecule has 5 nitrogen and oxygen atoms in total. The molecule has 29 heavy (non-hydrogen) atoms. The zero-order chi connectivity index (χ0) is 21.4. The average Bonchev–Trinajstić information content (AvgIpc) is 2.97. The van der Waals surface area contributed by atoms with E-state index in [1.165, 1.54) is 29.5 Å². The minimum Gasteiger partial charge on any atom is -0.366 e. The van der Waals surface area contributed by atoms with Crippen molar-refractivity contribution in [1.29, 1.82) is 0 Å². The van der Waals surface area contributed by atoms with Crippen LogP contribution in [0.25, 0.3) is 0 Å². The fourth-order valence-electron chi connectivity index (χ4n) is 3.19. The van der Waals surface area contributed by atoms with E-state index in [0.29, 0.717) is 16.5 Å². The van der Waals surface area contributed by atoms with E-state index in [1.807, 2.05) is 6.07 Å². The lowest BCUT2D eigenvalue weighted by atomic mass is 10.0. The summed E-state index contributed by atoms with van der Waals surface area (Å²) >= 11 is 7.38. The van der Waals surface area contributed by atoms with Gasteiger partial charge < -0.3 is 10.0 Å². The highest BCUT2D eigenvalue weighted by molar-refractivity contribution is 8.14. The van der Waals surface area contributed by atoms with Gasteiger partial charge in [0.1, 0.15) is 4.90 Å². The van der Waals surface area contributed by atoms with E-state index in [-0.39, 0.29) is 9.92 Å². The lowest BCUT2D eigenvalue weighted by Gasteiger charge is -2.31. The highest BCUT2D eigenvalue weighted by atomic mass is 35.7. The summed E-state index contributed by atoms with van der Waals surface area (Å²) in [5, 5.41) is 12.0. The molecule has 156 valence electrons. The maximum atomic E-state index is 11.8. The van der Waals surface area contributed by atoms with Gasteiger partial charge in [-0.2, -0.15) is 0 Å². The van der Waals surface area contributed by atoms with E-state index in [0.717, 1.165) is 24.1 Å². The number of aliphatic hydroxyl groups is 1. The van der Waals surface area contributed by atoms with Gasteiger partial charge in [0.15, 0.2) is 10.9 Å². The van der Waals surface area contributed by atoms with Gasteiger partial charge in [-0.25, -0.2) is 13.4 Å². The summed E-state index contributed by atoms with van der Waals surface area (Å²) in [7, 11) is 3.18. The number of amidine groups is 1. The number of benzene rings is 2. The second kappa shape index (κ2) is 8.47.